The number of aromatic nitrogens is 5. The number of benzene rings is 2. The molecule has 0 amide bonds. The molecule has 0 saturated heterocycles. The molecule has 0 fully saturated rings. The molecule has 0 aliphatic carbocycles. The number of alkyl halides is 3. The summed E-state index contributed by atoms with van der Waals surface area (Å²) in [7, 11) is 1.56. The molecule has 36 heavy (non-hydrogen) atoms. The molecule has 0 aliphatic heterocycles. The second-order valence-electron chi connectivity index (χ2n) is 9.34. The van der Waals surface area contributed by atoms with E-state index in [2.05, 4.69) is 41.8 Å². The first-order valence-electron chi connectivity index (χ1n) is 11.8. The number of halogens is 3. The van der Waals surface area contributed by atoms with E-state index in [1.54, 1.807) is 7.05 Å². The summed E-state index contributed by atoms with van der Waals surface area (Å²) >= 11 is 0. The van der Waals surface area contributed by atoms with Crippen LogP contribution >= 0.6 is 0 Å². The summed E-state index contributed by atoms with van der Waals surface area (Å²) in [6.07, 6.45) is 0.292. The molecule has 3 aromatic heterocycles. The Hall–Kier alpha value is -3.94. The molecule has 1 atom stereocenters. The molecule has 5 rings (SSSR count). The van der Waals surface area contributed by atoms with Crippen LogP contribution in [0.2, 0.25) is 0 Å². The number of nitrogens with zero attached hydrogens (tertiary/aromatic N) is 4. The smallest absolute Gasteiger partial charge is 0.358 e. The van der Waals surface area contributed by atoms with Gasteiger partial charge in [-0.3, -0.25) is 0 Å². The average molecular weight is 490 g/mol. The van der Waals surface area contributed by atoms with Crippen molar-refractivity contribution in [1.29, 1.82) is 0 Å². The summed E-state index contributed by atoms with van der Waals surface area (Å²) in [6, 6.07) is 15.6. The molecule has 0 bridgehead atoms. The highest BCUT2D eigenvalue weighted by Gasteiger charge is 2.34. The van der Waals surface area contributed by atoms with Crippen LogP contribution in [0.25, 0.3) is 33.8 Å². The fraction of sp³-hybridized carbons (Fsp3) is 0.250. The fourth-order valence-corrected chi connectivity index (χ4v) is 4.57. The Labute approximate surface area is 207 Å². The zero-order chi connectivity index (χ0) is 25.6. The topological polar surface area (TPSA) is 59.4 Å². The molecule has 5 nitrogen and oxygen atoms in total. The highest BCUT2D eigenvalue weighted by Crippen LogP contribution is 2.34. The zero-order valence-corrected chi connectivity index (χ0v) is 20.4. The predicted molar refractivity (Wildman–Crippen MR) is 135 cm³/mol. The average Bonchev–Trinajstić information content (AvgIpc) is 3.47. The largest absolute Gasteiger partial charge is 0.434 e. The Balaban J connectivity index is 1.48. The summed E-state index contributed by atoms with van der Waals surface area (Å²) in [4.78, 5) is 16.6. The third-order valence-electron chi connectivity index (χ3n) is 6.57. The number of hydrogen-bond donors (Lipinski definition) is 1. The molecule has 3 heterocycles. The third kappa shape index (κ3) is 4.27. The van der Waals surface area contributed by atoms with Gasteiger partial charge in [0.2, 0.25) is 0 Å². The Kier molecular flexibility index (Phi) is 5.90. The van der Waals surface area contributed by atoms with Crippen LogP contribution in [-0.4, -0.2) is 24.5 Å². The van der Waals surface area contributed by atoms with Crippen molar-refractivity contribution < 1.29 is 13.2 Å². The second kappa shape index (κ2) is 8.93. The molecule has 8 heteroatoms. The van der Waals surface area contributed by atoms with E-state index in [1.165, 1.54) is 10.1 Å². The van der Waals surface area contributed by atoms with Crippen molar-refractivity contribution in [3.05, 3.63) is 89.5 Å². The minimum atomic E-state index is -4.48. The minimum absolute atomic E-state index is 0.00278. The van der Waals surface area contributed by atoms with Gasteiger partial charge in [0, 0.05) is 42.0 Å². The van der Waals surface area contributed by atoms with E-state index in [9.17, 15) is 13.2 Å². The standard InChI is InChI=1S/C28H26F3N5/c1-16(2)20-7-5-6-8-21(20)26-33-14-23-25(35-26)22(13-32-23)17(3)18-9-11-19(12-10-18)27-34-24(15-36(27)4)28(29,30)31/h5-17,32H,1-4H3/t17-/m1/s1. The van der Waals surface area contributed by atoms with Crippen molar-refractivity contribution in [2.45, 2.75) is 38.8 Å². The quantitative estimate of drug-likeness (QED) is 0.281. The van der Waals surface area contributed by atoms with Gasteiger partial charge in [-0.1, -0.05) is 69.3 Å². The van der Waals surface area contributed by atoms with Crippen LogP contribution < -0.4 is 0 Å². The van der Waals surface area contributed by atoms with Crippen molar-refractivity contribution in [1.82, 2.24) is 24.5 Å². The Morgan fingerprint density at radius 2 is 1.64 bits per heavy atom. The van der Waals surface area contributed by atoms with E-state index in [0.29, 0.717) is 17.3 Å². The number of nitrogens with one attached hydrogen (secondary N) is 1. The number of fused-ring (bicyclic) bond motifs is 1. The maximum absolute atomic E-state index is 13.1. The van der Waals surface area contributed by atoms with E-state index in [-0.39, 0.29) is 11.7 Å². The first kappa shape index (κ1) is 23.8. The van der Waals surface area contributed by atoms with Crippen LogP contribution in [0.15, 0.2) is 67.1 Å². The second-order valence-corrected chi connectivity index (χ2v) is 9.34. The lowest BCUT2D eigenvalue weighted by atomic mass is 9.93. The summed E-state index contributed by atoms with van der Waals surface area (Å²) in [5.74, 6) is 1.30. The lowest BCUT2D eigenvalue weighted by molar-refractivity contribution is -0.140. The van der Waals surface area contributed by atoms with Gasteiger partial charge in [-0.15, -0.1) is 0 Å². The van der Waals surface area contributed by atoms with Gasteiger partial charge in [0.05, 0.1) is 17.2 Å². The molecule has 0 saturated carbocycles. The van der Waals surface area contributed by atoms with Gasteiger partial charge < -0.3 is 9.55 Å². The molecule has 0 aliphatic rings. The van der Waals surface area contributed by atoms with E-state index in [4.69, 9.17) is 4.98 Å². The summed E-state index contributed by atoms with van der Waals surface area (Å²) < 4.78 is 40.6. The van der Waals surface area contributed by atoms with E-state index >= 15 is 0 Å². The molecule has 2 aromatic carbocycles. The first-order chi connectivity index (χ1) is 17.1. The maximum Gasteiger partial charge on any atom is 0.434 e. The monoisotopic (exact) mass is 489 g/mol. The Bertz CT molecular complexity index is 1530. The molecular formula is C28H26F3N5. The van der Waals surface area contributed by atoms with Gasteiger partial charge >= 0.3 is 6.18 Å². The van der Waals surface area contributed by atoms with E-state index in [0.717, 1.165) is 33.9 Å². The van der Waals surface area contributed by atoms with Crippen LogP contribution in [-0.2, 0) is 13.2 Å². The SMILES string of the molecule is CC(C)c1ccccc1-c1ncc2[nH]cc([C@H](C)c3ccc(-c4nc(C(F)(F)F)cn4C)cc3)c2n1. The lowest BCUT2D eigenvalue weighted by Crippen LogP contribution is -2.04. The van der Waals surface area contributed by atoms with Crippen LogP contribution in [0.3, 0.4) is 0 Å². The molecule has 0 spiro atoms. The zero-order valence-electron chi connectivity index (χ0n) is 20.4. The van der Waals surface area contributed by atoms with Crippen molar-refractivity contribution in [3.63, 3.8) is 0 Å². The van der Waals surface area contributed by atoms with Gasteiger partial charge in [-0.25, -0.2) is 15.0 Å². The summed E-state index contributed by atoms with van der Waals surface area (Å²) in [5, 5.41) is 0. The predicted octanol–water partition coefficient (Wildman–Crippen LogP) is 7.32. The highest BCUT2D eigenvalue weighted by molar-refractivity contribution is 5.81. The van der Waals surface area contributed by atoms with Gasteiger partial charge in [0.15, 0.2) is 11.5 Å². The molecule has 1 N–H and O–H groups in total. The van der Waals surface area contributed by atoms with E-state index < -0.39 is 11.9 Å². The van der Waals surface area contributed by atoms with Crippen LogP contribution in [0.4, 0.5) is 13.2 Å². The maximum atomic E-state index is 13.1. The van der Waals surface area contributed by atoms with Gasteiger partial charge in [0.25, 0.3) is 0 Å². The van der Waals surface area contributed by atoms with Crippen molar-refractivity contribution in [2.75, 3.05) is 0 Å². The molecule has 0 unspecified atom stereocenters. The molecule has 5 aromatic rings. The van der Waals surface area contributed by atoms with Crippen molar-refractivity contribution >= 4 is 11.0 Å². The van der Waals surface area contributed by atoms with E-state index in [1.807, 2.05) is 54.9 Å². The van der Waals surface area contributed by atoms with Gasteiger partial charge in [-0.2, -0.15) is 13.2 Å². The minimum Gasteiger partial charge on any atom is -0.358 e. The normalized spacial score (nSPS) is 13.0. The van der Waals surface area contributed by atoms with Crippen LogP contribution in [0, 0.1) is 0 Å². The Morgan fingerprint density at radius 3 is 2.31 bits per heavy atom. The number of rotatable bonds is 5. The fourth-order valence-electron chi connectivity index (χ4n) is 4.57. The summed E-state index contributed by atoms with van der Waals surface area (Å²) in [5.41, 5.74) is 5.70. The molecule has 0 radical (unpaired) electrons. The van der Waals surface area contributed by atoms with Crippen LogP contribution in [0.1, 0.15) is 55.0 Å². The number of hydrogen-bond acceptors (Lipinski definition) is 3. The molecular weight excluding hydrogens is 463 g/mol. The Morgan fingerprint density at radius 1 is 0.917 bits per heavy atom. The third-order valence-corrected chi connectivity index (χ3v) is 6.57. The van der Waals surface area contributed by atoms with Crippen molar-refractivity contribution in [2.24, 2.45) is 7.05 Å². The van der Waals surface area contributed by atoms with Gasteiger partial charge in [-0.05, 0) is 17.0 Å². The number of H-pyrrole nitrogens is 1. The van der Waals surface area contributed by atoms with Crippen molar-refractivity contribution in [3.8, 4) is 22.8 Å². The van der Waals surface area contributed by atoms with Gasteiger partial charge in [0.1, 0.15) is 5.82 Å². The highest BCUT2D eigenvalue weighted by atomic mass is 19.4. The summed E-state index contributed by atoms with van der Waals surface area (Å²) in [6.45, 7) is 6.39. The lowest BCUT2D eigenvalue weighted by Gasteiger charge is -2.13. The van der Waals surface area contributed by atoms with Crippen LogP contribution in [0.5, 0.6) is 0 Å². The molecule has 184 valence electrons. The first-order valence-corrected chi connectivity index (χ1v) is 11.8. The number of aromatic amines is 1. The number of aryl methyl sites for hydroxylation is 1. The number of imidazole rings is 1.